The van der Waals surface area contributed by atoms with Crippen LogP contribution in [0, 0.1) is 5.92 Å². The van der Waals surface area contributed by atoms with Crippen LogP contribution in [0.5, 0.6) is 0 Å². The van der Waals surface area contributed by atoms with Crippen molar-refractivity contribution in [3.05, 3.63) is 0 Å². The van der Waals surface area contributed by atoms with Gasteiger partial charge < -0.3 is 11.5 Å². The Morgan fingerprint density at radius 3 is 1.58 bits per heavy atom. The molecule has 0 saturated carbocycles. The van der Waals surface area contributed by atoms with Gasteiger partial charge in [0.25, 0.3) is 0 Å². The molecule has 0 bridgehead atoms. The summed E-state index contributed by atoms with van der Waals surface area (Å²) in [4.78, 5) is 0. The van der Waals surface area contributed by atoms with Gasteiger partial charge in [0.1, 0.15) is 0 Å². The largest absolute Gasteiger partial charge is 0.316 e. The van der Waals surface area contributed by atoms with Gasteiger partial charge in [0.2, 0.25) is 0 Å². The molecule has 0 amide bonds. The highest BCUT2D eigenvalue weighted by Gasteiger charge is 2.12. The van der Waals surface area contributed by atoms with E-state index in [1.165, 1.54) is 38.5 Å². The Morgan fingerprint density at radius 2 is 1.33 bits per heavy atom. The monoisotopic (exact) mass is 172 g/mol. The van der Waals surface area contributed by atoms with E-state index in [1.807, 2.05) is 0 Å². The minimum absolute atomic E-state index is 0.108. The normalized spacial score (nSPS) is 11.5. The van der Waals surface area contributed by atoms with Crippen molar-refractivity contribution in [2.45, 2.75) is 58.5 Å². The summed E-state index contributed by atoms with van der Waals surface area (Å²) < 4.78 is 0. The first kappa shape index (κ1) is 11.9. The van der Waals surface area contributed by atoms with E-state index in [1.54, 1.807) is 0 Å². The summed E-state index contributed by atoms with van der Waals surface area (Å²) >= 11 is 0. The van der Waals surface area contributed by atoms with E-state index >= 15 is 0 Å². The lowest BCUT2D eigenvalue weighted by Gasteiger charge is -2.19. The zero-order chi connectivity index (χ0) is 9.40. The zero-order valence-electron chi connectivity index (χ0n) is 8.55. The number of unbranched alkanes of at least 4 members (excludes halogenated alkanes) is 2. The highest BCUT2D eigenvalue weighted by Crippen LogP contribution is 2.16. The van der Waals surface area contributed by atoms with Crippen molar-refractivity contribution in [3.8, 4) is 0 Å². The Hall–Kier alpha value is -0.0800. The Kier molecular flexibility index (Phi) is 7.51. The minimum Gasteiger partial charge on any atom is -0.316 e. The lowest BCUT2D eigenvalue weighted by molar-refractivity contribution is 0.355. The highest BCUT2D eigenvalue weighted by molar-refractivity contribution is 4.67. The first-order valence-electron chi connectivity index (χ1n) is 5.23. The summed E-state index contributed by atoms with van der Waals surface area (Å²) in [6.45, 7) is 4.41. The molecule has 0 rings (SSSR count). The summed E-state index contributed by atoms with van der Waals surface area (Å²) in [7, 11) is 0. The van der Waals surface area contributed by atoms with E-state index in [-0.39, 0.29) is 6.17 Å². The highest BCUT2D eigenvalue weighted by atomic mass is 14.9. The Morgan fingerprint density at radius 1 is 0.917 bits per heavy atom. The van der Waals surface area contributed by atoms with Crippen LogP contribution in [-0.4, -0.2) is 6.17 Å². The topological polar surface area (TPSA) is 52.0 Å². The molecule has 2 heteroatoms. The molecule has 0 saturated heterocycles. The average Bonchev–Trinajstić information content (AvgIpc) is 2.04. The fourth-order valence-electron chi connectivity index (χ4n) is 1.46. The van der Waals surface area contributed by atoms with Crippen molar-refractivity contribution < 1.29 is 0 Å². The number of hydrogen-bond acceptors (Lipinski definition) is 2. The van der Waals surface area contributed by atoms with Crippen LogP contribution in [0.1, 0.15) is 52.4 Å². The molecule has 0 aromatic carbocycles. The number of hydrogen-bond donors (Lipinski definition) is 2. The molecular weight excluding hydrogens is 148 g/mol. The van der Waals surface area contributed by atoms with E-state index in [4.69, 9.17) is 11.5 Å². The molecule has 0 fully saturated rings. The van der Waals surface area contributed by atoms with Crippen LogP contribution in [0.15, 0.2) is 0 Å². The van der Waals surface area contributed by atoms with Gasteiger partial charge in [0, 0.05) is 0 Å². The summed E-state index contributed by atoms with van der Waals surface area (Å²) in [5, 5.41) is 0. The van der Waals surface area contributed by atoms with E-state index in [2.05, 4.69) is 13.8 Å². The van der Waals surface area contributed by atoms with E-state index in [9.17, 15) is 0 Å². The Balaban J connectivity index is 3.55. The lowest BCUT2D eigenvalue weighted by Crippen LogP contribution is -2.38. The second-order valence-electron chi connectivity index (χ2n) is 3.62. The van der Waals surface area contributed by atoms with Crippen molar-refractivity contribution >= 4 is 0 Å². The molecule has 0 radical (unpaired) electrons. The summed E-state index contributed by atoms with van der Waals surface area (Å²) in [5.41, 5.74) is 11.4. The first-order chi connectivity index (χ1) is 5.72. The zero-order valence-corrected chi connectivity index (χ0v) is 8.55. The van der Waals surface area contributed by atoms with E-state index in [0.29, 0.717) is 5.92 Å². The van der Waals surface area contributed by atoms with Gasteiger partial charge in [0.15, 0.2) is 0 Å². The third-order valence-corrected chi connectivity index (χ3v) is 2.40. The maximum Gasteiger partial charge on any atom is 0.0549 e. The quantitative estimate of drug-likeness (QED) is 0.579. The third-order valence-electron chi connectivity index (χ3n) is 2.40. The molecule has 0 aliphatic carbocycles. The van der Waals surface area contributed by atoms with Gasteiger partial charge in [-0.25, -0.2) is 0 Å². The third kappa shape index (κ3) is 5.56. The average molecular weight is 172 g/mol. The second kappa shape index (κ2) is 7.56. The van der Waals surface area contributed by atoms with E-state index < -0.39 is 0 Å². The van der Waals surface area contributed by atoms with Gasteiger partial charge in [-0.1, -0.05) is 39.5 Å². The second-order valence-corrected chi connectivity index (χ2v) is 3.62. The predicted molar refractivity (Wildman–Crippen MR) is 54.7 cm³/mol. The maximum absolute atomic E-state index is 5.70. The van der Waals surface area contributed by atoms with Gasteiger partial charge in [-0.3, -0.25) is 0 Å². The van der Waals surface area contributed by atoms with Crippen LogP contribution in [0.2, 0.25) is 0 Å². The van der Waals surface area contributed by atoms with Crippen LogP contribution in [0.25, 0.3) is 0 Å². The fraction of sp³-hybridized carbons (Fsp3) is 1.00. The molecule has 0 spiro atoms. The van der Waals surface area contributed by atoms with Crippen LogP contribution in [0.3, 0.4) is 0 Å². The van der Waals surface area contributed by atoms with Gasteiger partial charge in [-0.15, -0.1) is 0 Å². The van der Waals surface area contributed by atoms with Crippen molar-refractivity contribution in [1.82, 2.24) is 0 Å². The molecule has 2 nitrogen and oxygen atoms in total. The molecule has 0 unspecified atom stereocenters. The molecule has 0 aromatic heterocycles. The fourth-order valence-corrected chi connectivity index (χ4v) is 1.46. The smallest absolute Gasteiger partial charge is 0.0549 e. The molecule has 4 N–H and O–H groups in total. The molecule has 0 heterocycles. The van der Waals surface area contributed by atoms with Crippen LogP contribution in [-0.2, 0) is 0 Å². The SMILES string of the molecule is CCCCC(CCCC)C(N)N. The molecule has 74 valence electrons. The van der Waals surface area contributed by atoms with Crippen molar-refractivity contribution in [3.63, 3.8) is 0 Å². The van der Waals surface area contributed by atoms with Crippen molar-refractivity contribution in [2.75, 3.05) is 0 Å². The predicted octanol–water partition coefficient (Wildman–Crippen LogP) is 2.23. The Labute approximate surface area is 76.7 Å². The van der Waals surface area contributed by atoms with Crippen LogP contribution in [0.4, 0.5) is 0 Å². The van der Waals surface area contributed by atoms with Gasteiger partial charge >= 0.3 is 0 Å². The maximum atomic E-state index is 5.70. The molecule has 0 aliphatic heterocycles. The summed E-state index contributed by atoms with van der Waals surface area (Å²) in [6.07, 6.45) is 7.31. The van der Waals surface area contributed by atoms with Gasteiger partial charge in [0.05, 0.1) is 6.17 Å². The molecule has 12 heavy (non-hydrogen) atoms. The minimum atomic E-state index is -0.108. The lowest BCUT2D eigenvalue weighted by atomic mass is 9.94. The first-order valence-corrected chi connectivity index (χ1v) is 5.23. The summed E-state index contributed by atoms with van der Waals surface area (Å²) in [6, 6.07) is 0. The standard InChI is InChI=1S/C10H24N2/c1-3-5-7-9(10(11)12)8-6-4-2/h9-10H,3-8,11-12H2,1-2H3. The molecule has 0 aromatic rings. The molecular formula is C10H24N2. The van der Waals surface area contributed by atoms with Crippen molar-refractivity contribution in [2.24, 2.45) is 17.4 Å². The van der Waals surface area contributed by atoms with E-state index in [0.717, 1.165) is 0 Å². The number of rotatable bonds is 7. The van der Waals surface area contributed by atoms with Crippen LogP contribution < -0.4 is 11.5 Å². The van der Waals surface area contributed by atoms with Crippen molar-refractivity contribution in [1.29, 1.82) is 0 Å². The molecule has 0 aliphatic rings. The van der Waals surface area contributed by atoms with Gasteiger partial charge in [-0.2, -0.15) is 0 Å². The Bertz CT molecular complexity index is 83.8. The van der Waals surface area contributed by atoms with Gasteiger partial charge in [-0.05, 0) is 18.8 Å². The summed E-state index contributed by atoms with van der Waals surface area (Å²) in [5.74, 6) is 0.546. The number of nitrogens with two attached hydrogens (primary N) is 2. The molecule has 0 atom stereocenters. The van der Waals surface area contributed by atoms with Crippen LogP contribution >= 0.6 is 0 Å².